The number of hydrogen-bond donors (Lipinski definition) is 1. The molecule has 0 aliphatic carbocycles. The van der Waals surface area contributed by atoms with Gasteiger partial charge in [0.05, 0.1) is 6.54 Å². The van der Waals surface area contributed by atoms with E-state index in [0.717, 1.165) is 49.5 Å². The van der Waals surface area contributed by atoms with Crippen molar-refractivity contribution in [2.24, 2.45) is 0 Å². The molecule has 1 aromatic rings. The first-order valence-corrected chi connectivity index (χ1v) is 16.0. The Kier molecular flexibility index (Phi) is 8.50. The summed E-state index contributed by atoms with van der Waals surface area (Å²) in [7, 11) is -3.75. The van der Waals surface area contributed by atoms with Crippen LogP contribution in [0.4, 0.5) is 0 Å². The Hall–Kier alpha value is -1.59. The van der Waals surface area contributed by atoms with Crippen LogP contribution in [0.5, 0.6) is 0 Å². The van der Waals surface area contributed by atoms with Gasteiger partial charge in [-0.25, -0.2) is 13.1 Å². The van der Waals surface area contributed by atoms with Crippen LogP contribution in [-0.2, 0) is 19.6 Å². The number of rotatable bonds is 8. The SMILES string of the molecule is O=C1[C@@H](NS(=O)(=O)C2CC=C(c3cccc(Cl)c3)S2)CCCN1CC(=O)N1CCC[C@H]1CN1CCCC1. The smallest absolute Gasteiger partial charge is 0.242 e. The summed E-state index contributed by atoms with van der Waals surface area (Å²) in [5.41, 5.74) is 0.888. The molecule has 0 radical (unpaired) electrons. The van der Waals surface area contributed by atoms with Crippen molar-refractivity contribution in [1.82, 2.24) is 19.4 Å². The molecule has 4 heterocycles. The lowest BCUT2D eigenvalue weighted by Gasteiger charge is -2.35. The van der Waals surface area contributed by atoms with Gasteiger partial charge in [-0.1, -0.05) is 29.8 Å². The van der Waals surface area contributed by atoms with Crippen molar-refractivity contribution in [2.75, 3.05) is 39.3 Å². The molecule has 5 rings (SSSR count). The van der Waals surface area contributed by atoms with Crippen molar-refractivity contribution in [3.63, 3.8) is 0 Å². The first-order chi connectivity index (χ1) is 17.8. The van der Waals surface area contributed by atoms with E-state index in [4.69, 9.17) is 11.6 Å². The summed E-state index contributed by atoms with van der Waals surface area (Å²) in [6, 6.07) is 6.72. The summed E-state index contributed by atoms with van der Waals surface area (Å²) < 4.78 is 28.4. The Labute approximate surface area is 228 Å². The molecule has 0 spiro atoms. The fourth-order valence-corrected chi connectivity index (χ4v) is 9.03. The number of thioether (sulfide) groups is 1. The van der Waals surface area contributed by atoms with Gasteiger partial charge in [-0.15, -0.1) is 11.8 Å². The Morgan fingerprint density at radius 3 is 2.65 bits per heavy atom. The number of amides is 2. The maximum Gasteiger partial charge on any atom is 0.242 e. The van der Waals surface area contributed by atoms with E-state index in [2.05, 4.69) is 9.62 Å². The van der Waals surface area contributed by atoms with Crippen LogP contribution in [0.15, 0.2) is 30.3 Å². The van der Waals surface area contributed by atoms with Crippen molar-refractivity contribution in [3.05, 3.63) is 40.9 Å². The summed E-state index contributed by atoms with van der Waals surface area (Å²) in [6.07, 6.45) is 7.80. The number of carbonyl (C=O) groups is 2. The number of nitrogens with zero attached hydrogens (tertiary/aromatic N) is 3. The van der Waals surface area contributed by atoms with Crippen molar-refractivity contribution < 1.29 is 18.0 Å². The van der Waals surface area contributed by atoms with Gasteiger partial charge in [0.25, 0.3) is 0 Å². The van der Waals surface area contributed by atoms with Crippen LogP contribution in [0.2, 0.25) is 5.02 Å². The minimum Gasteiger partial charge on any atom is -0.337 e. The highest BCUT2D eigenvalue weighted by atomic mass is 35.5. The standard InChI is InChI=1S/C26H35ClN4O4S2/c27-20-7-3-6-19(16-20)23-10-11-25(36-23)37(34,35)28-22-9-5-14-30(26(22)33)18-24(32)31-15-4-8-21(31)17-29-12-1-2-13-29/h3,6-7,10,16,21-22,25,28H,1-2,4-5,8-9,11-15,17-18H2/t21-,22-,25?/m0/s1. The maximum atomic E-state index is 13.2. The zero-order valence-corrected chi connectivity index (χ0v) is 23.4. The van der Waals surface area contributed by atoms with Gasteiger partial charge in [0.1, 0.15) is 10.6 Å². The molecule has 1 unspecified atom stereocenters. The highest BCUT2D eigenvalue weighted by molar-refractivity contribution is 8.18. The molecule has 0 bridgehead atoms. The minimum absolute atomic E-state index is 0.0200. The number of nitrogens with one attached hydrogen (secondary N) is 1. The number of halogens is 1. The molecule has 8 nitrogen and oxygen atoms in total. The van der Waals surface area contributed by atoms with Gasteiger partial charge in [0.2, 0.25) is 21.8 Å². The summed E-state index contributed by atoms with van der Waals surface area (Å²) in [5, 5.41) is 0.599. The summed E-state index contributed by atoms with van der Waals surface area (Å²) in [5.74, 6) is -0.329. The van der Waals surface area contributed by atoms with Gasteiger partial charge in [-0.05, 0) is 75.7 Å². The molecule has 0 saturated carbocycles. The molecule has 11 heteroatoms. The number of benzene rings is 1. The fourth-order valence-electron chi connectivity index (χ4n) is 5.81. The third-order valence-corrected chi connectivity index (χ3v) is 11.6. The normalized spacial score (nSPS) is 27.2. The van der Waals surface area contributed by atoms with E-state index in [-0.39, 0.29) is 24.4 Å². The first-order valence-electron chi connectivity index (χ1n) is 13.2. The van der Waals surface area contributed by atoms with Gasteiger partial charge in [0, 0.05) is 35.6 Å². The molecule has 3 atom stereocenters. The summed E-state index contributed by atoms with van der Waals surface area (Å²) in [6.45, 7) is 4.33. The second-order valence-corrected chi connectivity index (χ2v) is 14.2. The number of piperidine rings is 1. The molecule has 4 aliphatic rings. The molecule has 1 N–H and O–H groups in total. The second kappa shape index (κ2) is 11.7. The van der Waals surface area contributed by atoms with E-state index in [1.54, 1.807) is 11.0 Å². The lowest BCUT2D eigenvalue weighted by molar-refractivity contribution is -0.143. The average Bonchev–Trinajstić information content (AvgIpc) is 3.64. The number of hydrogen-bond acceptors (Lipinski definition) is 6. The average molecular weight is 567 g/mol. The van der Waals surface area contributed by atoms with Gasteiger partial charge in [-0.2, -0.15) is 0 Å². The molecule has 37 heavy (non-hydrogen) atoms. The fraction of sp³-hybridized carbons (Fsp3) is 0.615. The van der Waals surface area contributed by atoms with Gasteiger partial charge >= 0.3 is 0 Å². The summed E-state index contributed by atoms with van der Waals surface area (Å²) >= 11 is 7.37. The van der Waals surface area contributed by atoms with E-state index in [9.17, 15) is 18.0 Å². The summed E-state index contributed by atoms with van der Waals surface area (Å²) in [4.78, 5) is 33.2. The number of carbonyl (C=O) groups excluding carboxylic acids is 2. The number of sulfonamides is 1. The molecular weight excluding hydrogens is 532 g/mol. The maximum absolute atomic E-state index is 13.2. The first kappa shape index (κ1) is 27.0. The molecule has 202 valence electrons. The van der Waals surface area contributed by atoms with E-state index >= 15 is 0 Å². The van der Waals surface area contributed by atoms with Crippen molar-refractivity contribution in [2.45, 2.75) is 61.6 Å². The number of allylic oxidation sites excluding steroid dienone is 1. The van der Waals surface area contributed by atoms with Gasteiger partial charge < -0.3 is 14.7 Å². The van der Waals surface area contributed by atoms with E-state index in [1.807, 2.05) is 29.2 Å². The molecule has 3 fully saturated rings. The molecule has 4 aliphatic heterocycles. The van der Waals surface area contributed by atoms with Crippen LogP contribution in [-0.4, -0.2) is 90.9 Å². The second-order valence-electron chi connectivity index (χ2n) is 10.4. The van der Waals surface area contributed by atoms with Crippen molar-refractivity contribution >= 4 is 50.1 Å². The number of likely N-dealkylation sites (tertiary alicyclic amines) is 3. The predicted octanol–water partition coefficient (Wildman–Crippen LogP) is 3.14. The van der Waals surface area contributed by atoms with Gasteiger partial charge in [-0.3, -0.25) is 9.59 Å². The van der Waals surface area contributed by atoms with E-state index in [0.29, 0.717) is 30.8 Å². The predicted molar refractivity (Wildman–Crippen MR) is 147 cm³/mol. The third-order valence-electron chi connectivity index (χ3n) is 7.74. The lowest BCUT2D eigenvalue weighted by Crippen LogP contribution is -2.56. The van der Waals surface area contributed by atoms with Crippen LogP contribution in [0.25, 0.3) is 4.91 Å². The van der Waals surface area contributed by atoms with Crippen LogP contribution >= 0.6 is 23.4 Å². The highest BCUT2D eigenvalue weighted by Gasteiger charge is 2.39. The van der Waals surface area contributed by atoms with Crippen molar-refractivity contribution in [1.29, 1.82) is 0 Å². The molecule has 2 amide bonds. The van der Waals surface area contributed by atoms with Crippen LogP contribution < -0.4 is 4.72 Å². The minimum atomic E-state index is -3.75. The zero-order valence-electron chi connectivity index (χ0n) is 21.0. The highest BCUT2D eigenvalue weighted by Crippen LogP contribution is 2.42. The quantitative estimate of drug-likeness (QED) is 0.520. The lowest BCUT2D eigenvalue weighted by atomic mass is 10.1. The molecule has 3 saturated heterocycles. The Morgan fingerprint density at radius 2 is 1.86 bits per heavy atom. The molecule has 0 aromatic heterocycles. The Balaban J connectivity index is 1.16. The van der Waals surface area contributed by atoms with E-state index < -0.39 is 20.6 Å². The largest absolute Gasteiger partial charge is 0.337 e. The van der Waals surface area contributed by atoms with Crippen LogP contribution in [0.3, 0.4) is 0 Å². The van der Waals surface area contributed by atoms with E-state index in [1.165, 1.54) is 24.6 Å². The molecule has 1 aromatic carbocycles. The van der Waals surface area contributed by atoms with Crippen LogP contribution in [0, 0.1) is 0 Å². The topological polar surface area (TPSA) is 90.0 Å². The Morgan fingerprint density at radius 1 is 1.08 bits per heavy atom. The Bertz CT molecular complexity index is 1150. The zero-order chi connectivity index (χ0) is 26.0. The van der Waals surface area contributed by atoms with Gasteiger partial charge in [0.15, 0.2) is 0 Å². The van der Waals surface area contributed by atoms with Crippen LogP contribution in [0.1, 0.15) is 50.5 Å². The molecular formula is C26H35ClN4O4S2. The third kappa shape index (κ3) is 6.36. The monoisotopic (exact) mass is 566 g/mol. The van der Waals surface area contributed by atoms with Crippen molar-refractivity contribution in [3.8, 4) is 0 Å².